The number of halogens is 2. The van der Waals surface area contributed by atoms with Gasteiger partial charge < -0.3 is 24.7 Å². The van der Waals surface area contributed by atoms with Crippen LogP contribution in [0.25, 0.3) is 11.2 Å². The molecule has 2 aromatic heterocycles. The minimum atomic E-state index is -4.07. The molecule has 3 fully saturated rings. The number of anilines is 1. The van der Waals surface area contributed by atoms with Gasteiger partial charge in [-0.1, -0.05) is 35.3 Å². The number of carbonyl (C=O) groups excluding carboxylic acids is 1. The molecule has 1 aromatic carbocycles. The predicted molar refractivity (Wildman–Crippen MR) is 139 cm³/mol. The summed E-state index contributed by atoms with van der Waals surface area (Å²) >= 11 is 12.5. The molecule has 3 aliphatic heterocycles. The van der Waals surface area contributed by atoms with Crippen LogP contribution in [0.5, 0.6) is 5.88 Å². The van der Waals surface area contributed by atoms with E-state index in [4.69, 9.17) is 61.5 Å². The molecule has 3 aromatic rings. The van der Waals surface area contributed by atoms with Gasteiger partial charge in [0.05, 0.1) is 42.3 Å². The maximum absolute atomic E-state index is 13.4. The molecule has 0 radical (unpaired) electrons. The largest absolute Gasteiger partial charge is 0.509 e. The van der Waals surface area contributed by atoms with Gasteiger partial charge in [0.25, 0.3) is 0 Å². The highest BCUT2D eigenvalue weighted by Crippen LogP contribution is 2.58. The van der Waals surface area contributed by atoms with E-state index in [0.717, 1.165) is 0 Å². The van der Waals surface area contributed by atoms with Crippen LogP contribution in [-0.2, 0) is 32.3 Å². The average molecular weight is 616 g/mol. The minimum absolute atomic E-state index is 0.0454. The van der Waals surface area contributed by atoms with Gasteiger partial charge in [0, 0.05) is 12.0 Å². The topological polar surface area (TPSA) is 168 Å². The quantitative estimate of drug-likeness (QED) is 0.289. The monoisotopic (exact) mass is 615 g/mol. The first-order valence-electron chi connectivity index (χ1n) is 12.3. The van der Waals surface area contributed by atoms with Gasteiger partial charge in [0.15, 0.2) is 29.1 Å². The Bertz CT molecular complexity index is 1530. The van der Waals surface area contributed by atoms with Crippen molar-refractivity contribution in [1.82, 2.24) is 19.5 Å². The number of imidazole rings is 1. The van der Waals surface area contributed by atoms with Crippen LogP contribution < -0.4 is 10.5 Å². The van der Waals surface area contributed by atoms with E-state index in [1.54, 1.807) is 32.0 Å². The molecule has 5 heterocycles. The lowest BCUT2D eigenvalue weighted by Crippen LogP contribution is -2.42. The molecule has 2 N–H and O–H groups in total. The average Bonchev–Trinajstić information content (AvgIpc) is 3.53. The number of hydrogen-bond donors (Lipinski definition) is 1. The molecule has 0 spiro atoms. The van der Waals surface area contributed by atoms with Gasteiger partial charge in [0.2, 0.25) is 11.8 Å². The molecule has 6 atom stereocenters. The standard InChI is InChI=1S/C23H24Cl2N5O9P/c1-3-33-19-16-18(28-21(26)29-19)30(10-27-16)20-23(2)17(37-22(31)38-23)14(36-20)9-35-40(32)34-8-7-13(39-40)11-5-4-6-12(24)15(11)25/h4-6,10,13-14,17,20H,3,7-9H2,1-2H3,(H2,26,28,29)/t13-,14-,17-,20-,23-,40+/m1/s1. The van der Waals surface area contributed by atoms with Gasteiger partial charge in [-0.3, -0.25) is 18.1 Å². The van der Waals surface area contributed by atoms with Crippen LogP contribution in [0.1, 0.15) is 38.2 Å². The number of aromatic nitrogens is 4. The molecule has 0 saturated carbocycles. The van der Waals surface area contributed by atoms with Gasteiger partial charge >= 0.3 is 14.0 Å². The van der Waals surface area contributed by atoms with E-state index < -0.39 is 44.1 Å². The Balaban J connectivity index is 1.24. The Morgan fingerprint density at radius 1 is 1.30 bits per heavy atom. The van der Waals surface area contributed by atoms with Crippen LogP contribution in [0.3, 0.4) is 0 Å². The van der Waals surface area contributed by atoms with Crippen LogP contribution in [-0.4, -0.2) is 63.3 Å². The molecular weight excluding hydrogens is 592 g/mol. The van der Waals surface area contributed by atoms with Crippen LogP contribution in [0.4, 0.5) is 10.7 Å². The molecule has 0 amide bonds. The second-order valence-corrected chi connectivity index (χ2v) is 11.8. The lowest BCUT2D eigenvalue weighted by Gasteiger charge is -2.30. The summed E-state index contributed by atoms with van der Waals surface area (Å²) < 4.78 is 54.5. The maximum atomic E-state index is 13.4. The molecule has 14 nitrogen and oxygen atoms in total. The molecule has 214 valence electrons. The van der Waals surface area contributed by atoms with Crippen molar-refractivity contribution < 1.29 is 41.9 Å². The summed E-state index contributed by atoms with van der Waals surface area (Å²) in [7, 11) is -4.07. The number of nitrogens with two attached hydrogens (primary N) is 1. The summed E-state index contributed by atoms with van der Waals surface area (Å²) in [6.07, 6.45) is -2.60. The highest BCUT2D eigenvalue weighted by Gasteiger charge is 2.64. The summed E-state index contributed by atoms with van der Waals surface area (Å²) in [5.74, 6) is 0.151. The second kappa shape index (κ2) is 10.3. The first-order chi connectivity index (χ1) is 19.1. The fraction of sp³-hybridized carbons (Fsp3) is 0.478. The number of fused-ring (bicyclic) bond motifs is 2. The molecule has 0 unspecified atom stereocenters. The fourth-order valence-corrected chi connectivity index (χ4v) is 6.81. The van der Waals surface area contributed by atoms with Crippen molar-refractivity contribution in [3.05, 3.63) is 40.1 Å². The normalized spacial score (nSPS) is 31.6. The van der Waals surface area contributed by atoms with Crippen molar-refractivity contribution in [2.24, 2.45) is 0 Å². The van der Waals surface area contributed by atoms with Crippen molar-refractivity contribution in [2.45, 2.75) is 50.4 Å². The van der Waals surface area contributed by atoms with Crippen molar-refractivity contribution in [3.8, 4) is 5.88 Å². The van der Waals surface area contributed by atoms with E-state index >= 15 is 0 Å². The van der Waals surface area contributed by atoms with E-state index in [9.17, 15) is 9.36 Å². The fourth-order valence-electron chi connectivity index (χ4n) is 5.00. The number of hydrogen-bond acceptors (Lipinski definition) is 13. The zero-order chi connectivity index (χ0) is 28.2. The number of benzene rings is 1. The molecule has 3 saturated heterocycles. The molecule has 0 bridgehead atoms. The highest BCUT2D eigenvalue weighted by molar-refractivity contribution is 7.48. The SMILES string of the molecule is CCOc1nc(N)nc2c1ncn2[C@@H]1O[C@H](CO[P@]2(=O)OCC[C@H](c3cccc(Cl)c3Cl)O2)[C@H]2OC(=O)O[C@]21C. The summed E-state index contributed by atoms with van der Waals surface area (Å²) in [5.41, 5.74) is 5.75. The van der Waals surface area contributed by atoms with Crippen molar-refractivity contribution in [2.75, 3.05) is 25.6 Å². The van der Waals surface area contributed by atoms with E-state index in [2.05, 4.69) is 15.0 Å². The summed E-state index contributed by atoms with van der Waals surface area (Å²) in [6, 6.07) is 5.08. The number of phosphoric acid groups is 1. The van der Waals surface area contributed by atoms with Crippen LogP contribution in [0.2, 0.25) is 10.0 Å². The van der Waals surface area contributed by atoms with E-state index in [0.29, 0.717) is 39.8 Å². The third kappa shape index (κ3) is 4.67. The Kier molecular flexibility index (Phi) is 7.06. The Hall–Kier alpha value is -2.71. The number of ether oxygens (including phenoxy) is 4. The van der Waals surface area contributed by atoms with E-state index in [1.165, 1.54) is 10.9 Å². The van der Waals surface area contributed by atoms with Crippen LogP contribution in [0.15, 0.2) is 24.5 Å². The highest BCUT2D eigenvalue weighted by atomic mass is 35.5. The summed E-state index contributed by atoms with van der Waals surface area (Å²) in [6.45, 7) is 3.53. The first-order valence-corrected chi connectivity index (χ1v) is 14.5. The predicted octanol–water partition coefficient (Wildman–Crippen LogP) is 4.61. The minimum Gasteiger partial charge on any atom is -0.476 e. The molecule has 40 heavy (non-hydrogen) atoms. The third-order valence-corrected chi connectivity index (χ3v) is 9.08. The Morgan fingerprint density at radius 3 is 2.92 bits per heavy atom. The first kappa shape index (κ1) is 27.5. The van der Waals surface area contributed by atoms with E-state index in [1.807, 2.05) is 0 Å². The molecular formula is C23H24Cl2N5O9P. The summed E-state index contributed by atoms with van der Waals surface area (Å²) in [5, 5.41) is 0.630. The van der Waals surface area contributed by atoms with Crippen molar-refractivity contribution in [1.29, 1.82) is 0 Å². The number of rotatable bonds is 7. The number of phosphoric ester groups is 1. The number of nitrogen functional groups attached to an aromatic ring is 1. The third-order valence-electron chi connectivity index (χ3n) is 6.77. The van der Waals surface area contributed by atoms with Gasteiger partial charge in [-0.25, -0.2) is 14.3 Å². The second-order valence-electron chi connectivity index (χ2n) is 9.35. The molecule has 0 aliphatic carbocycles. The molecule has 6 rings (SSSR count). The number of carbonyl (C=O) groups is 1. The van der Waals surface area contributed by atoms with Gasteiger partial charge in [-0.05, 0) is 19.9 Å². The van der Waals surface area contributed by atoms with Gasteiger partial charge in [-0.15, -0.1) is 0 Å². The lowest BCUT2D eigenvalue weighted by atomic mass is 9.96. The molecule has 17 heteroatoms. The summed E-state index contributed by atoms with van der Waals surface area (Å²) in [4.78, 5) is 25.0. The lowest BCUT2D eigenvalue weighted by molar-refractivity contribution is -0.0925. The maximum Gasteiger partial charge on any atom is 0.509 e. The zero-order valence-corrected chi connectivity index (χ0v) is 23.6. The number of nitrogens with zero attached hydrogens (tertiary/aromatic N) is 4. The van der Waals surface area contributed by atoms with Gasteiger partial charge in [0.1, 0.15) is 6.10 Å². The Labute approximate surface area is 237 Å². The van der Waals surface area contributed by atoms with Gasteiger partial charge in [-0.2, -0.15) is 9.97 Å². The zero-order valence-electron chi connectivity index (χ0n) is 21.2. The van der Waals surface area contributed by atoms with Crippen LogP contribution in [0, 0.1) is 0 Å². The Morgan fingerprint density at radius 2 is 2.12 bits per heavy atom. The van der Waals surface area contributed by atoms with E-state index in [-0.39, 0.29) is 25.0 Å². The van der Waals surface area contributed by atoms with Crippen LogP contribution >= 0.6 is 31.0 Å². The van der Waals surface area contributed by atoms with Crippen molar-refractivity contribution >= 4 is 54.3 Å². The molecule has 3 aliphatic rings. The smallest absolute Gasteiger partial charge is 0.476 e. The van der Waals surface area contributed by atoms with Crippen molar-refractivity contribution in [3.63, 3.8) is 0 Å².